The van der Waals surface area contributed by atoms with Gasteiger partial charge in [-0.2, -0.15) is 0 Å². The van der Waals surface area contributed by atoms with Crippen molar-refractivity contribution in [2.24, 2.45) is 0 Å². The van der Waals surface area contributed by atoms with E-state index in [1.54, 1.807) is 25.1 Å². The first kappa shape index (κ1) is 12.8. The molecule has 0 saturated carbocycles. The lowest BCUT2D eigenvalue weighted by molar-refractivity contribution is -0.144. The first-order valence-electron chi connectivity index (χ1n) is 4.78. The molecule has 88 valence electrons. The van der Waals surface area contributed by atoms with Gasteiger partial charge in [0.25, 0.3) is 0 Å². The number of hydrogen-bond donors (Lipinski definition) is 2. The molecule has 2 N–H and O–H groups in total. The molecule has 0 aliphatic heterocycles. The molecule has 4 nitrogen and oxygen atoms in total. The van der Waals surface area contributed by atoms with E-state index in [0.29, 0.717) is 11.3 Å². The Morgan fingerprint density at radius 2 is 2.06 bits per heavy atom. The van der Waals surface area contributed by atoms with E-state index in [4.69, 9.17) is 21.4 Å². The predicted octanol–water partition coefficient (Wildman–Crippen LogP) is 2.25. The summed E-state index contributed by atoms with van der Waals surface area (Å²) in [6.07, 6.45) is -1.58. The second-order valence-corrected chi connectivity index (χ2v) is 3.87. The summed E-state index contributed by atoms with van der Waals surface area (Å²) in [7, 11) is 0. The van der Waals surface area contributed by atoms with E-state index in [1.807, 2.05) is 0 Å². The maximum atomic E-state index is 10.6. The van der Waals surface area contributed by atoms with Crippen molar-refractivity contribution in [3.05, 3.63) is 28.8 Å². The Balaban J connectivity index is 2.87. The van der Waals surface area contributed by atoms with Gasteiger partial charge < -0.3 is 14.9 Å². The molecule has 0 aromatic heterocycles. The van der Waals surface area contributed by atoms with Crippen LogP contribution in [-0.2, 0) is 4.79 Å². The molecule has 1 aromatic carbocycles. The van der Waals surface area contributed by atoms with Gasteiger partial charge >= 0.3 is 5.97 Å². The summed E-state index contributed by atoms with van der Waals surface area (Å²) in [5.74, 6) is -0.767. The van der Waals surface area contributed by atoms with Crippen molar-refractivity contribution in [3.8, 4) is 5.75 Å². The average molecular weight is 245 g/mol. The molecule has 0 bridgehead atoms. The summed E-state index contributed by atoms with van der Waals surface area (Å²) in [5.41, 5.74) is 0.653. The molecule has 0 fully saturated rings. The van der Waals surface area contributed by atoms with Crippen molar-refractivity contribution in [2.45, 2.75) is 26.1 Å². The fourth-order valence-corrected chi connectivity index (χ4v) is 1.35. The van der Waals surface area contributed by atoms with Gasteiger partial charge in [0.05, 0.1) is 11.1 Å². The standard InChI is InChI=1S/C11H13ClO4/c1-6(13)8-3-4-10(9(12)5-8)16-7(2)11(14)15/h3-7,13H,1-2H3,(H,14,15)/t6-,7?/m0/s1. The summed E-state index contributed by atoms with van der Waals surface area (Å²) in [6, 6.07) is 4.74. The maximum absolute atomic E-state index is 10.6. The Bertz CT molecular complexity index is 390. The van der Waals surface area contributed by atoms with Crippen LogP contribution < -0.4 is 4.74 Å². The number of carbonyl (C=O) groups is 1. The molecule has 2 atom stereocenters. The SMILES string of the molecule is CC(Oc1ccc([C@H](C)O)cc1Cl)C(=O)O. The van der Waals surface area contributed by atoms with Crippen LogP contribution in [0.3, 0.4) is 0 Å². The Hall–Kier alpha value is -1.26. The zero-order chi connectivity index (χ0) is 12.3. The molecule has 16 heavy (non-hydrogen) atoms. The van der Waals surface area contributed by atoms with Gasteiger partial charge in [0.2, 0.25) is 0 Å². The lowest BCUT2D eigenvalue weighted by Crippen LogP contribution is -2.23. The molecule has 1 unspecified atom stereocenters. The highest BCUT2D eigenvalue weighted by Crippen LogP contribution is 2.28. The van der Waals surface area contributed by atoms with Crippen molar-refractivity contribution in [3.63, 3.8) is 0 Å². The van der Waals surface area contributed by atoms with Crippen molar-refractivity contribution in [1.29, 1.82) is 0 Å². The third-order valence-electron chi connectivity index (χ3n) is 2.09. The maximum Gasteiger partial charge on any atom is 0.344 e. The van der Waals surface area contributed by atoms with Crippen LogP contribution in [0.15, 0.2) is 18.2 Å². The van der Waals surface area contributed by atoms with E-state index in [2.05, 4.69) is 0 Å². The number of benzene rings is 1. The third kappa shape index (κ3) is 3.12. The number of aliphatic hydroxyl groups is 1. The second-order valence-electron chi connectivity index (χ2n) is 3.46. The number of carboxylic acid groups (broad SMARTS) is 1. The van der Waals surface area contributed by atoms with Gasteiger partial charge in [0, 0.05) is 0 Å². The minimum absolute atomic E-state index is 0.284. The molecule has 1 aromatic rings. The van der Waals surface area contributed by atoms with E-state index in [0.717, 1.165) is 0 Å². The smallest absolute Gasteiger partial charge is 0.344 e. The fraction of sp³-hybridized carbons (Fsp3) is 0.364. The van der Waals surface area contributed by atoms with Gasteiger partial charge in [-0.25, -0.2) is 4.79 Å². The monoisotopic (exact) mass is 244 g/mol. The van der Waals surface area contributed by atoms with Crippen LogP contribution in [0.25, 0.3) is 0 Å². The Kier molecular flexibility index (Phi) is 4.15. The zero-order valence-corrected chi connectivity index (χ0v) is 9.73. The first-order chi connectivity index (χ1) is 7.41. The largest absolute Gasteiger partial charge is 0.479 e. The molecular formula is C11H13ClO4. The zero-order valence-electron chi connectivity index (χ0n) is 8.98. The van der Waals surface area contributed by atoms with Crippen LogP contribution >= 0.6 is 11.6 Å². The number of hydrogen-bond acceptors (Lipinski definition) is 3. The molecule has 0 heterocycles. The normalized spacial score (nSPS) is 14.2. The van der Waals surface area contributed by atoms with E-state index in [-0.39, 0.29) is 5.02 Å². The molecule has 0 radical (unpaired) electrons. The number of carboxylic acids is 1. The summed E-state index contributed by atoms with van der Waals surface area (Å²) in [5, 5.41) is 18.3. The van der Waals surface area contributed by atoms with Crippen LogP contribution in [0, 0.1) is 0 Å². The highest BCUT2D eigenvalue weighted by atomic mass is 35.5. The average Bonchev–Trinajstić information content (AvgIpc) is 2.20. The Labute approximate surface area is 98.4 Å². The van der Waals surface area contributed by atoms with Crippen molar-refractivity contribution < 1.29 is 19.7 Å². The molecule has 0 amide bonds. The lowest BCUT2D eigenvalue weighted by Gasteiger charge is -2.13. The van der Waals surface area contributed by atoms with Crippen LogP contribution in [0.5, 0.6) is 5.75 Å². The number of halogens is 1. The number of aliphatic hydroxyl groups excluding tert-OH is 1. The van der Waals surface area contributed by atoms with Gasteiger partial charge in [0.1, 0.15) is 5.75 Å². The van der Waals surface area contributed by atoms with E-state index in [9.17, 15) is 9.90 Å². The van der Waals surface area contributed by atoms with Gasteiger partial charge in [-0.05, 0) is 31.5 Å². The molecule has 1 rings (SSSR count). The van der Waals surface area contributed by atoms with Gasteiger partial charge in [-0.1, -0.05) is 17.7 Å². The quantitative estimate of drug-likeness (QED) is 0.853. The summed E-state index contributed by atoms with van der Waals surface area (Å²) >= 11 is 5.89. The van der Waals surface area contributed by atoms with Crippen molar-refractivity contribution >= 4 is 17.6 Å². The summed E-state index contributed by atoms with van der Waals surface area (Å²) < 4.78 is 5.13. The van der Waals surface area contributed by atoms with Gasteiger partial charge in [-0.15, -0.1) is 0 Å². The minimum atomic E-state index is -1.06. The van der Waals surface area contributed by atoms with Gasteiger partial charge in [-0.3, -0.25) is 0 Å². The van der Waals surface area contributed by atoms with Crippen LogP contribution in [-0.4, -0.2) is 22.3 Å². The summed E-state index contributed by atoms with van der Waals surface area (Å²) in [6.45, 7) is 3.04. The fourth-order valence-electron chi connectivity index (χ4n) is 1.11. The molecule has 5 heteroatoms. The Morgan fingerprint density at radius 1 is 1.44 bits per heavy atom. The third-order valence-corrected chi connectivity index (χ3v) is 2.39. The molecule has 0 spiro atoms. The number of aliphatic carboxylic acids is 1. The molecule has 0 saturated heterocycles. The van der Waals surface area contributed by atoms with Crippen LogP contribution in [0.2, 0.25) is 5.02 Å². The second kappa shape index (κ2) is 5.18. The predicted molar refractivity (Wildman–Crippen MR) is 59.8 cm³/mol. The molecular weight excluding hydrogens is 232 g/mol. The minimum Gasteiger partial charge on any atom is -0.479 e. The van der Waals surface area contributed by atoms with Crippen LogP contribution in [0.4, 0.5) is 0 Å². The van der Waals surface area contributed by atoms with E-state index in [1.165, 1.54) is 6.92 Å². The van der Waals surface area contributed by atoms with E-state index < -0.39 is 18.2 Å². The number of rotatable bonds is 4. The highest BCUT2D eigenvalue weighted by Gasteiger charge is 2.15. The lowest BCUT2D eigenvalue weighted by atomic mass is 10.1. The Morgan fingerprint density at radius 3 is 2.50 bits per heavy atom. The van der Waals surface area contributed by atoms with E-state index >= 15 is 0 Å². The topological polar surface area (TPSA) is 66.8 Å². The molecule has 0 aliphatic carbocycles. The highest BCUT2D eigenvalue weighted by molar-refractivity contribution is 6.32. The van der Waals surface area contributed by atoms with Gasteiger partial charge in [0.15, 0.2) is 6.10 Å². The summed E-state index contributed by atoms with van der Waals surface area (Å²) in [4.78, 5) is 10.6. The first-order valence-corrected chi connectivity index (χ1v) is 5.16. The number of ether oxygens (including phenoxy) is 1. The molecule has 0 aliphatic rings. The van der Waals surface area contributed by atoms with Crippen molar-refractivity contribution in [2.75, 3.05) is 0 Å². The van der Waals surface area contributed by atoms with Crippen LogP contribution in [0.1, 0.15) is 25.5 Å². The van der Waals surface area contributed by atoms with Crippen molar-refractivity contribution in [1.82, 2.24) is 0 Å².